The highest BCUT2D eigenvalue weighted by Crippen LogP contribution is 2.37. The molecule has 1 aromatic carbocycles. The number of hydrogen-bond donors (Lipinski definition) is 2. The lowest BCUT2D eigenvalue weighted by Crippen LogP contribution is -2.31. The molecule has 0 saturated carbocycles. The smallest absolute Gasteiger partial charge is 0.243 e. The van der Waals surface area contributed by atoms with Crippen molar-refractivity contribution in [3.05, 3.63) is 53.7 Å². The van der Waals surface area contributed by atoms with E-state index in [0.29, 0.717) is 34.5 Å². The lowest BCUT2D eigenvalue weighted by atomic mass is 10.1. The van der Waals surface area contributed by atoms with Crippen LogP contribution < -0.4 is 14.2 Å². The SMILES string of the molecule is COc1cccc(OC)c1-n1c(NS(=O)(=O)[C@@H](C)[C@H](C)c2ncc(C)cn2)nnc1-c1cc(C)[nH]n1. The first-order chi connectivity index (χ1) is 17.2. The van der Waals surface area contributed by atoms with Gasteiger partial charge in [0.1, 0.15) is 28.7 Å². The van der Waals surface area contributed by atoms with Gasteiger partial charge in [-0.05, 0) is 44.5 Å². The van der Waals surface area contributed by atoms with Crippen molar-refractivity contribution in [1.29, 1.82) is 0 Å². The van der Waals surface area contributed by atoms with E-state index < -0.39 is 21.2 Å². The molecule has 4 rings (SSSR count). The van der Waals surface area contributed by atoms with Gasteiger partial charge >= 0.3 is 0 Å². The summed E-state index contributed by atoms with van der Waals surface area (Å²) in [4.78, 5) is 8.59. The van der Waals surface area contributed by atoms with Crippen molar-refractivity contribution >= 4 is 16.0 Å². The topological polar surface area (TPSA) is 150 Å². The van der Waals surface area contributed by atoms with Crippen LogP contribution in [0.4, 0.5) is 5.95 Å². The van der Waals surface area contributed by atoms with Crippen LogP contribution in [0, 0.1) is 13.8 Å². The first-order valence-electron chi connectivity index (χ1n) is 11.2. The molecule has 3 aromatic heterocycles. The largest absolute Gasteiger partial charge is 0.494 e. The summed E-state index contributed by atoms with van der Waals surface area (Å²) in [5, 5.41) is 14.7. The molecule has 2 N–H and O–H groups in total. The molecule has 4 aromatic rings. The number of rotatable bonds is 9. The van der Waals surface area contributed by atoms with Crippen molar-refractivity contribution in [2.24, 2.45) is 0 Å². The number of nitrogens with zero attached hydrogens (tertiary/aromatic N) is 6. The van der Waals surface area contributed by atoms with Gasteiger partial charge in [-0.25, -0.2) is 18.4 Å². The zero-order chi connectivity index (χ0) is 26.0. The fourth-order valence-electron chi connectivity index (χ4n) is 3.65. The molecule has 13 heteroatoms. The Morgan fingerprint density at radius 1 is 1.03 bits per heavy atom. The maximum atomic E-state index is 13.5. The van der Waals surface area contributed by atoms with Gasteiger partial charge in [0.05, 0.1) is 19.5 Å². The zero-order valence-corrected chi connectivity index (χ0v) is 21.7. The van der Waals surface area contributed by atoms with Gasteiger partial charge in [0.25, 0.3) is 0 Å². The average molecular weight is 513 g/mol. The van der Waals surface area contributed by atoms with Crippen LogP contribution in [-0.2, 0) is 10.0 Å². The third kappa shape index (κ3) is 4.73. The minimum Gasteiger partial charge on any atom is -0.494 e. The van der Waals surface area contributed by atoms with Gasteiger partial charge in [0.2, 0.25) is 16.0 Å². The van der Waals surface area contributed by atoms with Crippen LogP contribution in [0.5, 0.6) is 11.5 Å². The van der Waals surface area contributed by atoms with Crippen LogP contribution in [0.3, 0.4) is 0 Å². The van der Waals surface area contributed by atoms with E-state index in [1.54, 1.807) is 50.5 Å². The molecule has 0 radical (unpaired) electrons. The third-order valence-electron chi connectivity index (χ3n) is 5.86. The molecule has 0 amide bonds. The molecule has 190 valence electrons. The molecule has 0 aliphatic rings. The predicted octanol–water partition coefficient (Wildman–Crippen LogP) is 3.02. The molecule has 0 fully saturated rings. The Morgan fingerprint density at radius 2 is 1.67 bits per heavy atom. The molecule has 0 spiro atoms. The Hall–Kier alpha value is -4.00. The number of aryl methyl sites for hydroxylation is 2. The molecule has 0 aliphatic heterocycles. The molecule has 0 aliphatic carbocycles. The molecular weight excluding hydrogens is 484 g/mol. The van der Waals surface area contributed by atoms with Crippen LogP contribution in [0.25, 0.3) is 17.2 Å². The Kier molecular flexibility index (Phi) is 6.93. The summed E-state index contributed by atoms with van der Waals surface area (Å²) in [6, 6.07) is 7.00. The van der Waals surface area contributed by atoms with Crippen LogP contribution in [0.1, 0.15) is 36.8 Å². The van der Waals surface area contributed by atoms with Gasteiger partial charge in [-0.2, -0.15) is 5.10 Å². The normalized spacial score (nSPS) is 13.3. The molecule has 0 bridgehead atoms. The van der Waals surface area contributed by atoms with Crippen molar-refractivity contribution < 1.29 is 17.9 Å². The van der Waals surface area contributed by atoms with Gasteiger partial charge in [-0.1, -0.05) is 13.0 Å². The number of nitrogens with one attached hydrogen (secondary N) is 2. The number of aromatic amines is 1. The number of methoxy groups -OCH3 is 2. The van der Waals surface area contributed by atoms with E-state index in [9.17, 15) is 8.42 Å². The summed E-state index contributed by atoms with van der Waals surface area (Å²) < 4.78 is 42.2. The molecule has 12 nitrogen and oxygen atoms in total. The Morgan fingerprint density at radius 3 is 2.22 bits per heavy atom. The fraction of sp³-hybridized carbons (Fsp3) is 0.348. The van der Waals surface area contributed by atoms with E-state index in [1.807, 2.05) is 13.8 Å². The minimum atomic E-state index is -3.97. The number of aromatic nitrogens is 7. The highest BCUT2D eigenvalue weighted by atomic mass is 32.2. The van der Waals surface area contributed by atoms with E-state index in [2.05, 4.69) is 35.1 Å². The predicted molar refractivity (Wildman–Crippen MR) is 134 cm³/mol. The second kappa shape index (κ2) is 9.93. The summed E-state index contributed by atoms with van der Waals surface area (Å²) in [7, 11) is -0.947. The lowest BCUT2D eigenvalue weighted by molar-refractivity contribution is 0.391. The number of H-pyrrole nitrogens is 1. The van der Waals surface area contributed by atoms with Crippen LogP contribution in [0.15, 0.2) is 36.7 Å². The maximum Gasteiger partial charge on any atom is 0.243 e. The summed E-state index contributed by atoms with van der Waals surface area (Å²) in [6.45, 7) is 7.08. The van der Waals surface area contributed by atoms with Gasteiger partial charge < -0.3 is 9.47 Å². The molecule has 0 unspecified atom stereocenters. The first-order valence-corrected chi connectivity index (χ1v) is 12.7. The Balaban J connectivity index is 1.81. The van der Waals surface area contributed by atoms with Gasteiger partial charge in [0, 0.05) is 24.0 Å². The summed E-state index contributed by atoms with van der Waals surface area (Å²) in [5.74, 6) is 1.04. The quantitative estimate of drug-likeness (QED) is 0.345. The monoisotopic (exact) mass is 512 g/mol. The zero-order valence-electron chi connectivity index (χ0n) is 20.8. The number of benzene rings is 1. The molecule has 0 saturated heterocycles. The summed E-state index contributed by atoms with van der Waals surface area (Å²) in [6.07, 6.45) is 3.32. The van der Waals surface area contributed by atoms with Crippen molar-refractivity contribution in [2.75, 3.05) is 18.9 Å². The lowest BCUT2D eigenvalue weighted by Gasteiger charge is -2.21. The number of ether oxygens (including phenoxy) is 2. The van der Waals surface area contributed by atoms with E-state index in [1.165, 1.54) is 18.8 Å². The molecule has 3 heterocycles. The van der Waals surface area contributed by atoms with E-state index >= 15 is 0 Å². The van der Waals surface area contributed by atoms with Gasteiger partial charge in [0.15, 0.2) is 5.82 Å². The van der Waals surface area contributed by atoms with Crippen molar-refractivity contribution in [1.82, 2.24) is 34.9 Å². The van der Waals surface area contributed by atoms with E-state index in [4.69, 9.17) is 9.47 Å². The van der Waals surface area contributed by atoms with Crippen molar-refractivity contribution in [3.8, 4) is 28.7 Å². The number of para-hydroxylation sites is 1. The maximum absolute atomic E-state index is 13.5. The van der Waals surface area contributed by atoms with Crippen molar-refractivity contribution in [2.45, 2.75) is 38.9 Å². The van der Waals surface area contributed by atoms with Gasteiger partial charge in [-0.15, -0.1) is 10.2 Å². The van der Waals surface area contributed by atoms with Crippen molar-refractivity contribution in [3.63, 3.8) is 0 Å². The van der Waals surface area contributed by atoms with E-state index in [0.717, 1.165) is 11.3 Å². The third-order valence-corrected chi connectivity index (χ3v) is 7.71. The van der Waals surface area contributed by atoms with Crippen LogP contribution >= 0.6 is 0 Å². The number of hydrogen-bond acceptors (Lipinski definition) is 9. The Labute approximate surface area is 209 Å². The summed E-state index contributed by atoms with van der Waals surface area (Å²) in [5.41, 5.74) is 2.57. The highest BCUT2D eigenvalue weighted by Gasteiger charge is 2.32. The second-order valence-corrected chi connectivity index (χ2v) is 10.4. The molecule has 2 atom stereocenters. The Bertz CT molecular complexity index is 1440. The second-order valence-electron chi connectivity index (χ2n) is 8.39. The van der Waals surface area contributed by atoms with E-state index in [-0.39, 0.29) is 5.95 Å². The summed E-state index contributed by atoms with van der Waals surface area (Å²) >= 11 is 0. The number of anilines is 1. The standard InChI is InChI=1S/C23H28N8O4S/c1-13-11-24-21(25-12-13)15(3)16(4)36(32,33)30-23-29-28-22(17-10-14(2)26-27-17)31(23)20-18(34-5)8-7-9-19(20)35-6/h7-12,15-16H,1-6H3,(H,26,27)(H,29,30)/t15-,16-/m0/s1. The van der Waals surface area contributed by atoms with Gasteiger partial charge in [-0.3, -0.25) is 14.4 Å². The molecule has 36 heavy (non-hydrogen) atoms. The highest BCUT2D eigenvalue weighted by molar-refractivity contribution is 7.93. The van der Waals surface area contributed by atoms with Crippen LogP contribution in [-0.4, -0.2) is 62.8 Å². The average Bonchev–Trinajstić information content (AvgIpc) is 3.48. The minimum absolute atomic E-state index is 0.0441. The fourth-order valence-corrected chi connectivity index (χ4v) is 4.88. The first kappa shape index (κ1) is 25.1. The number of sulfonamides is 1. The molecular formula is C23H28N8O4S. The van der Waals surface area contributed by atoms with Crippen LogP contribution in [0.2, 0.25) is 0 Å².